The van der Waals surface area contributed by atoms with Gasteiger partial charge in [-0.3, -0.25) is 19.0 Å². The quantitative estimate of drug-likeness (QED) is 0.300. The van der Waals surface area contributed by atoms with Crippen LogP contribution in [-0.4, -0.2) is 45.0 Å². The molecule has 9 nitrogen and oxygen atoms in total. The predicted octanol–water partition coefficient (Wildman–Crippen LogP) is 2.71. The minimum Gasteiger partial charge on any atom is -0.382 e. The van der Waals surface area contributed by atoms with Crippen LogP contribution in [0.1, 0.15) is 34.8 Å². The van der Waals surface area contributed by atoms with Crippen LogP contribution in [0, 0.1) is 6.92 Å². The van der Waals surface area contributed by atoms with Crippen LogP contribution in [0.2, 0.25) is 0 Å². The lowest BCUT2D eigenvalue weighted by Gasteiger charge is -2.13. The summed E-state index contributed by atoms with van der Waals surface area (Å²) in [6.07, 6.45) is 5.84. The number of hydrogen-bond acceptors (Lipinski definition) is 7. The summed E-state index contributed by atoms with van der Waals surface area (Å²) in [5, 5.41) is 6.37. The van der Waals surface area contributed by atoms with E-state index in [2.05, 4.69) is 25.6 Å². The summed E-state index contributed by atoms with van der Waals surface area (Å²) >= 11 is 0. The van der Waals surface area contributed by atoms with Crippen molar-refractivity contribution in [3.63, 3.8) is 0 Å². The fourth-order valence-electron chi connectivity index (χ4n) is 3.45. The zero-order valence-electron chi connectivity index (χ0n) is 18.7. The zero-order chi connectivity index (χ0) is 23.2. The summed E-state index contributed by atoms with van der Waals surface area (Å²) in [6, 6.07) is 8.92. The lowest BCUT2D eigenvalue weighted by Crippen LogP contribution is -2.26. The number of amides is 1. The molecular weight excluding hydrogens is 420 g/mol. The first-order valence-corrected chi connectivity index (χ1v) is 10.9. The molecule has 0 saturated carbocycles. The first kappa shape index (κ1) is 22.3. The maximum atomic E-state index is 13.1. The SMILES string of the molecule is CCOCCCNc1nc2nc3ccc(C)cn3c(=O)c2cc1C(=O)NCc1cccnc1. The van der Waals surface area contributed by atoms with Gasteiger partial charge in [-0.1, -0.05) is 12.1 Å². The van der Waals surface area contributed by atoms with Crippen molar-refractivity contribution in [3.8, 4) is 0 Å². The molecule has 0 radical (unpaired) electrons. The number of carbonyl (C=O) groups excluding carboxylic acids is 1. The summed E-state index contributed by atoms with van der Waals surface area (Å²) in [6.45, 7) is 5.97. The van der Waals surface area contributed by atoms with E-state index in [4.69, 9.17) is 4.74 Å². The Kier molecular flexibility index (Phi) is 6.89. The highest BCUT2D eigenvalue weighted by Gasteiger charge is 2.17. The topological polar surface area (TPSA) is 111 Å². The molecule has 2 N–H and O–H groups in total. The van der Waals surface area contributed by atoms with Crippen LogP contribution in [0.15, 0.2) is 53.7 Å². The second kappa shape index (κ2) is 10.2. The molecule has 0 atom stereocenters. The molecule has 1 amide bonds. The van der Waals surface area contributed by atoms with Gasteiger partial charge in [0.25, 0.3) is 11.5 Å². The lowest BCUT2D eigenvalue weighted by atomic mass is 10.1. The molecule has 9 heteroatoms. The number of rotatable bonds is 9. The number of nitrogens with one attached hydrogen (secondary N) is 2. The Labute approximate surface area is 190 Å². The lowest BCUT2D eigenvalue weighted by molar-refractivity contribution is 0.0951. The van der Waals surface area contributed by atoms with Gasteiger partial charge in [-0.2, -0.15) is 0 Å². The molecule has 0 fully saturated rings. The number of pyridine rings is 3. The van der Waals surface area contributed by atoms with Gasteiger partial charge in [0.1, 0.15) is 11.5 Å². The smallest absolute Gasteiger partial charge is 0.267 e. The average Bonchev–Trinajstić information content (AvgIpc) is 2.83. The molecule has 33 heavy (non-hydrogen) atoms. The van der Waals surface area contributed by atoms with E-state index in [0.717, 1.165) is 17.5 Å². The minimum absolute atomic E-state index is 0.268. The average molecular weight is 447 g/mol. The van der Waals surface area contributed by atoms with E-state index in [1.807, 2.05) is 32.0 Å². The van der Waals surface area contributed by atoms with Gasteiger partial charge >= 0.3 is 0 Å². The van der Waals surface area contributed by atoms with Crippen LogP contribution in [0.5, 0.6) is 0 Å². The first-order valence-electron chi connectivity index (χ1n) is 10.9. The highest BCUT2D eigenvalue weighted by molar-refractivity contribution is 6.01. The van der Waals surface area contributed by atoms with E-state index in [1.165, 1.54) is 4.40 Å². The van der Waals surface area contributed by atoms with Crippen molar-refractivity contribution in [1.82, 2.24) is 24.7 Å². The summed E-state index contributed by atoms with van der Waals surface area (Å²) in [5.74, 6) is 0.0420. The molecule has 0 aromatic carbocycles. The molecular formula is C24H26N6O3. The number of ether oxygens (including phenoxy) is 1. The molecule has 4 aromatic rings. The van der Waals surface area contributed by atoms with Crippen molar-refractivity contribution in [2.45, 2.75) is 26.8 Å². The summed E-state index contributed by atoms with van der Waals surface area (Å²) in [7, 11) is 0. The van der Waals surface area contributed by atoms with Crippen molar-refractivity contribution in [3.05, 3.63) is 76.0 Å². The molecule has 0 bridgehead atoms. The number of anilines is 1. The summed E-state index contributed by atoms with van der Waals surface area (Å²) < 4.78 is 6.86. The number of carbonyl (C=O) groups is 1. The van der Waals surface area contributed by atoms with Crippen LogP contribution < -0.4 is 16.2 Å². The van der Waals surface area contributed by atoms with Gasteiger partial charge in [0.2, 0.25) is 0 Å². The maximum Gasteiger partial charge on any atom is 0.267 e. The van der Waals surface area contributed by atoms with Gasteiger partial charge in [-0.05, 0) is 49.6 Å². The van der Waals surface area contributed by atoms with E-state index in [1.54, 1.807) is 30.7 Å². The Morgan fingerprint density at radius 2 is 2.09 bits per heavy atom. The molecule has 0 aliphatic carbocycles. The van der Waals surface area contributed by atoms with Gasteiger partial charge < -0.3 is 15.4 Å². The normalized spacial score (nSPS) is 11.1. The van der Waals surface area contributed by atoms with E-state index < -0.39 is 0 Å². The third kappa shape index (κ3) is 5.15. The van der Waals surface area contributed by atoms with Crippen LogP contribution in [-0.2, 0) is 11.3 Å². The highest BCUT2D eigenvalue weighted by Crippen LogP contribution is 2.19. The monoisotopic (exact) mass is 446 g/mol. The Morgan fingerprint density at radius 3 is 2.88 bits per heavy atom. The third-order valence-corrected chi connectivity index (χ3v) is 5.13. The van der Waals surface area contributed by atoms with Crippen molar-refractivity contribution in [2.24, 2.45) is 0 Å². The Balaban J connectivity index is 1.71. The van der Waals surface area contributed by atoms with E-state index in [0.29, 0.717) is 43.4 Å². The zero-order valence-corrected chi connectivity index (χ0v) is 18.7. The number of nitrogens with zero attached hydrogens (tertiary/aromatic N) is 4. The molecule has 4 aromatic heterocycles. The first-order chi connectivity index (χ1) is 16.1. The second-order valence-corrected chi connectivity index (χ2v) is 7.63. The van der Waals surface area contributed by atoms with Crippen molar-refractivity contribution in [1.29, 1.82) is 0 Å². The molecule has 0 saturated heterocycles. The van der Waals surface area contributed by atoms with E-state index in [-0.39, 0.29) is 22.4 Å². The Morgan fingerprint density at radius 1 is 1.21 bits per heavy atom. The van der Waals surface area contributed by atoms with E-state index >= 15 is 0 Å². The predicted molar refractivity (Wildman–Crippen MR) is 127 cm³/mol. The number of aromatic nitrogens is 4. The highest BCUT2D eigenvalue weighted by atomic mass is 16.5. The second-order valence-electron chi connectivity index (χ2n) is 7.63. The number of aryl methyl sites for hydroxylation is 1. The van der Waals surface area contributed by atoms with Crippen LogP contribution in [0.25, 0.3) is 16.7 Å². The fourth-order valence-corrected chi connectivity index (χ4v) is 3.45. The van der Waals surface area contributed by atoms with Crippen LogP contribution in [0.3, 0.4) is 0 Å². The number of hydrogen-bond donors (Lipinski definition) is 2. The van der Waals surface area contributed by atoms with Gasteiger partial charge in [-0.25, -0.2) is 9.97 Å². The van der Waals surface area contributed by atoms with E-state index in [9.17, 15) is 9.59 Å². The number of fused-ring (bicyclic) bond motifs is 2. The molecule has 0 aliphatic rings. The van der Waals surface area contributed by atoms with Gasteiger partial charge in [0.05, 0.1) is 10.9 Å². The molecule has 4 heterocycles. The van der Waals surface area contributed by atoms with Gasteiger partial charge in [0, 0.05) is 44.9 Å². The van der Waals surface area contributed by atoms with Gasteiger partial charge in [-0.15, -0.1) is 0 Å². The summed E-state index contributed by atoms with van der Waals surface area (Å²) in [5.41, 5.74) is 2.61. The summed E-state index contributed by atoms with van der Waals surface area (Å²) in [4.78, 5) is 39.4. The van der Waals surface area contributed by atoms with Crippen LogP contribution >= 0.6 is 0 Å². The van der Waals surface area contributed by atoms with Gasteiger partial charge in [0.15, 0.2) is 5.65 Å². The standard InChI is InChI=1S/C24H26N6O3/c1-3-33-11-5-10-26-21-18(23(31)27-14-17-6-4-9-25-13-17)12-19-22(29-21)28-20-8-7-16(2)15-30(20)24(19)32/h4,6-9,12-13,15H,3,5,10-11,14H2,1-2H3,(H,26,29)(H,27,31). The van der Waals surface area contributed by atoms with Crippen molar-refractivity contribution < 1.29 is 9.53 Å². The molecule has 0 unspecified atom stereocenters. The Hall–Kier alpha value is -3.85. The van der Waals surface area contributed by atoms with Crippen LogP contribution in [0.4, 0.5) is 5.82 Å². The molecule has 0 spiro atoms. The molecule has 0 aliphatic heterocycles. The largest absolute Gasteiger partial charge is 0.382 e. The third-order valence-electron chi connectivity index (χ3n) is 5.13. The molecule has 4 rings (SSSR count). The van der Waals surface area contributed by atoms with Crippen molar-refractivity contribution >= 4 is 28.4 Å². The fraction of sp³-hybridized carbons (Fsp3) is 0.292. The van der Waals surface area contributed by atoms with Crippen molar-refractivity contribution in [2.75, 3.05) is 25.1 Å². The molecule has 170 valence electrons. The minimum atomic E-state index is -0.339. The maximum absolute atomic E-state index is 13.1. The Bertz CT molecular complexity index is 1340.